The lowest BCUT2D eigenvalue weighted by Crippen LogP contribution is -2.34. The van der Waals surface area contributed by atoms with Crippen molar-refractivity contribution in [2.75, 3.05) is 19.6 Å². The summed E-state index contributed by atoms with van der Waals surface area (Å²) in [7, 11) is 2.13. The Morgan fingerprint density at radius 1 is 1.12 bits per heavy atom. The first-order chi connectivity index (χ1) is 12.8. The fraction of sp³-hybridized carbons (Fsp3) is 0.650. The van der Waals surface area contributed by atoms with E-state index in [0.29, 0.717) is 6.04 Å². The summed E-state index contributed by atoms with van der Waals surface area (Å²) >= 11 is 0. The Balaban J connectivity index is 1.45. The van der Waals surface area contributed by atoms with Crippen LogP contribution in [0.15, 0.2) is 24.5 Å². The van der Waals surface area contributed by atoms with Crippen LogP contribution in [-0.2, 0) is 20.0 Å². The Bertz CT molecular complexity index is 692. The normalized spacial score (nSPS) is 22.6. The molecular formula is C20H30N6. The van der Waals surface area contributed by atoms with Crippen molar-refractivity contribution in [2.24, 2.45) is 13.0 Å². The first-order valence-electron chi connectivity index (χ1n) is 10.0. The van der Waals surface area contributed by atoms with Crippen LogP contribution >= 0.6 is 0 Å². The average molecular weight is 355 g/mol. The lowest BCUT2D eigenvalue weighted by molar-refractivity contribution is 0.135. The first-order valence-corrected chi connectivity index (χ1v) is 10.0. The van der Waals surface area contributed by atoms with Crippen molar-refractivity contribution in [3.8, 4) is 0 Å². The molecule has 0 bridgehead atoms. The molecule has 6 nitrogen and oxygen atoms in total. The van der Waals surface area contributed by atoms with E-state index in [2.05, 4.69) is 43.1 Å². The molecule has 2 aliphatic heterocycles. The molecule has 0 aliphatic carbocycles. The molecular weight excluding hydrogens is 324 g/mol. The molecule has 140 valence electrons. The number of hydrogen-bond donors (Lipinski definition) is 1. The number of rotatable bonds is 5. The molecule has 1 atom stereocenters. The van der Waals surface area contributed by atoms with E-state index < -0.39 is 0 Å². The fourth-order valence-electron chi connectivity index (χ4n) is 4.37. The average Bonchev–Trinajstić information content (AvgIpc) is 3.03. The van der Waals surface area contributed by atoms with Gasteiger partial charge in [0.2, 0.25) is 0 Å². The Kier molecular flexibility index (Phi) is 5.60. The monoisotopic (exact) mass is 354 g/mol. The molecule has 6 heteroatoms. The van der Waals surface area contributed by atoms with Crippen molar-refractivity contribution in [3.05, 3.63) is 41.7 Å². The van der Waals surface area contributed by atoms with Gasteiger partial charge in [-0.1, -0.05) is 12.5 Å². The predicted octanol–water partition coefficient (Wildman–Crippen LogP) is 2.48. The zero-order chi connectivity index (χ0) is 17.8. The van der Waals surface area contributed by atoms with Crippen molar-refractivity contribution < 1.29 is 0 Å². The highest BCUT2D eigenvalue weighted by Gasteiger charge is 2.26. The smallest absolute Gasteiger partial charge is 0.146 e. The second-order valence-corrected chi connectivity index (χ2v) is 7.76. The van der Waals surface area contributed by atoms with E-state index in [0.717, 1.165) is 50.2 Å². The van der Waals surface area contributed by atoms with Gasteiger partial charge >= 0.3 is 0 Å². The summed E-state index contributed by atoms with van der Waals surface area (Å²) in [6.45, 7) is 4.26. The summed E-state index contributed by atoms with van der Waals surface area (Å²) in [6, 6.07) is 4.69. The van der Waals surface area contributed by atoms with Crippen molar-refractivity contribution in [1.29, 1.82) is 0 Å². The van der Waals surface area contributed by atoms with Crippen molar-refractivity contribution in [2.45, 2.75) is 51.1 Å². The molecule has 0 radical (unpaired) electrons. The summed E-state index contributed by atoms with van der Waals surface area (Å²) in [6.07, 6.45) is 11.2. The maximum Gasteiger partial charge on any atom is 0.146 e. The number of nitrogens with zero attached hydrogens (tertiary/aromatic N) is 5. The lowest BCUT2D eigenvalue weighted by Gasteiger charge is -2.35. The minimum atomic E-state index is 0.446. The summed E-state index contributed by atoms with van der Waals surface area (Å²) in [5, 5.41) is 12.5. The van der Waals surface area contributed by atoms with Gasteiger partial charge in [-0.2, -0.15) is 0 Å². The maximum absolute atomic E-state index is 4.54. The second kappa shape index (κ2) is 8.27. The SMILES string of the molecule is Cn1c(CC2CCNCC2)nnc1CN1CCCC[C@@H]1c1cccnc1. The number of pyridine rings is 1. The van der Waals surface area contributed by atoms with Crippen LogP contribution in [0.2, 0.25) is 0 Å². The minimum Gasteiger partial charge on any atom is -0.317 e. The van der Waals surface area contributed by atoms with Crippen LogP contribution in [0.3, 0.4) is 0 Å². The van der Waals surface area contributed by atoms with Crippen LogP contribution in [0, 0.1) is 5.92 Å². The van der Waals surface area contributed by atoms with Crippen LogP contribution in [0.5, 0.6) is 0 Å². The zero-order valence-corrected chi connectivity index (χ0v) is 15.8. The summed E-state index contributed by atoms with van der Waals surface area (Å²) in [4.78, 5) is 6.88. The van der Waals surface area contributed by atoms with Crippen molar-refractivity contribution in [1.82, 2.24) is 30.0 Å². The summed E-state index contributed by atoms with van der Waals surface area (Å²) in [5.41, 5.74) is 1.32. The maximum atomic E-state index is 4.54. The van der Waals surface area contributed by atoms with Crippen LogP contribution in [0.1, 0.15) is 55.4 Å². The van der Waals surface area contributed by atoms with Crippen LogP contribution < -0.4 is 5.32 Å². The van der Waals surface area contributed by atoms with Gasteiger partial charge in [-0.15, -0.1) is 10.2 Å². The molecule has 2 fully saturated rings. The Hall–Kier alpha value is -1.79. The number of likely N-dealkylation sites (tertiary alicyclic amines) is 1. The Morgan fingerprint density at radius 2 is 1.96 bits per heavy atom. The van der Waals surface area contributed by atoms with E-state index in [9.17, 15) is 0 Å². The highest BCUT2D eigenvalue weighted by atomic mass is 15.3. The number of piperidine rings is 2. The standard InChI is InChI=1S/C20H30N6/c1-25-19(13-16-7-10-21-11-8-16)23-24-20(25)15-26-12-3-2-6-18(26)17-5-4-9-22-14-17/h4-5,9,14,16,18,21H,2-3,6-8,10-13,15H2,1H3/t18-/m1/s1. The molecule has 0 amide bonds. The van der Waals surface area contributed by atoms with Gasteiger partial charge in [-0.3, -0.25) is 9.88 Å². The third kappa shape index (κ3) is 3.96. The van der Waals surface area contributed by atoms with Gasteiger partial charge < -0.3 is 9.88 Å². The van der Waals surface area contributed by atoms with Crippen LogP contribution in [0.4, 0.5) is 0 Å². The highest BCUT2D eigenvalue weighted by Crippen LogP contribution is 2.31. The van der Waals surface area contributed by atoms with Gasteiger partial charge in [0.25, 0.3) is 0 Å². The van der Waals surface area contributed by atoms with Gasteiger partial charge in [0, 0.05) is 31.9 Å². The molecule has 1 N–H and O–H groups in total. The van der Waals surface area contributed by atoms with Gasteiger partial charge in [0.1, 0.15) is 11.6 Å². The van der Waals surface area contributed by atoms with Crippen LogP contribution in [0.25, 0.3) is 0 Å². The number of nitrogens with one attached hydrogen (secondary N) is 1. The fourth-order valence-corrected chi connectivity index (χ4v) is 4.37. The van der Waals surface area contributed by atoms with Gasteiger partial charge in [0.15, 0.2) is 0 Å². The Labute approximate surface area is 156 Å². The number of hydrogen-bond acceptors (Lipinski definition) is 5. The van der Waals surface area contributed by atoms with Gasteiger partial charge in [-0.25, -0.2) is 0 Å². The Morgan fingerprint density at radius 3 is 2.77 bits per heavy atom. The second-order valence-electron chi connectivity index (χ2n) is 7.76. The van der Waals surface area contributed by atoms with Gasteiger partial charge in [0.05, 0.1) is 6.54 Å². The van der Waals surface area contributed by atoms with Crippen LogP contribution in [-0.4, -0.2) is 44.3 Å². The third-order valence-corrected chi connectivity index (χ3v) is 6.01. The molecule has 2 aromatic rings. The van der Waals surface area contributed by atoms with E-state index in [-0.39, 0.29) is 0 Å². The van der Waals surface area contributed by atoms with Crippen molar-refractivity contribution in [3.63, 3.8) is 0 Å². The molecule has 4 heterocycles. The molecule has 2 saturated heterocycles. The van der Waals surface area contributed by atoms with E-state index in [4.69, 9.17) is 0 Å². The van der Waals surface area contributed by atoms with Crippen molar-refractivity contribution >= 4 is 0 Å². The highest BCUT2D eigenvalue weighted by molar-refractivity contribution is 5.15. The molecule has 2 aromatic heterocycles. The van der Waals surface area contributed by atoms with Gasteiger partial charge in [-0.05, 0) is 62.9 Å². The van der Waals surface area contributed by atoms with E-state index in [1.54, 1.807) is 0 Å². The predicted molar refractivity (Wildman–Crippen MR) is 102 cm³/mol. The summed E-state index contributed by atoms with van der Waals surface area (Å²) < 4.78 is 2.23. The third-order valence-electron chi connectivity index (χ3n) is 6.01. The zero-order valence-electron chi connectivity index (χ0n) is 15.8. The molecule has 2 aliphatic rings. The van der Waals surface area contributed by atoms with E-state index in [1.165, 1.54) is 37.7 Å². The van der Waals surface area contributed by atoms with E-state index >= 15 is 0 Å². The largest absolute Gasteiger partial charge is 0.317 e. The number of aromatic nitrogens is 4. The minimum absolute atomic E-state index is 0.446. The van der Waals surface area contributed by atoms with E-state index in [1.807, 2.05) is 18.5 Å². The molecule has 0 spiro atoms. The molecule has 4 rings (SSSR count). The lowest BCUT2D eigenvalue weighted by atomic mass is 9.94. The molecule has 0 unspecified atom stereocenters. The topological polar surface area (TPSA) is 58.9 Å². The molecule has 0 saturated carbocycles. The first kappa shape index (κ1) is 17.6. The molecule has 0 aromatic carbocycles. The summed E-state index contributed by atoms with van der Waals surface area (Å²) in [5.74, 6) is 2.97. The quantitative estimate of drug-likeness (QED) is 0.894. The molecule has 26 heavy (non-hydrogen) atoms.